The van der Waals surface area contributed by atoms with E-state index in [1.165, 1.54) is 11.8 Å². The van der Waals surface area contributed by atoms with Gasteiger partial charge in [-0.15, -0.1) is 11.8 Å². The molecule has 0 aliphatic carbocycles. The summed E-state index contributed by atoms with van der Waals surface area (Å²) in [5.41, 5.74) is 6.28. The Kier molecular flexibility index (Phi) is 9.14. The number of benzene rings is 3. The molecule has 10 heteroatoms. The molecule has 0 saturated carbocycles. The van der Waals surface area contributed by atoms with Crippen molar-refractivity contribution in [2.45, 2.75) is 38.0 Å². The number of rotatable bonds is 9. The minimum atomic E-state index is -0.358. The zero-order valence-electron chi connectivity index (χ0n) is 26.0. The van der Waals surface area contributed by atoms with Crippen molar-refractivity contribution in [2.75, 3.05) is 44.6 Å². The molecule has 1 saturated heterocycles. The van der Waals surface area contributed by atoms with E-state index in [2.05, 4.69) is 11.4 Å². The first-order valence-electron chi connectivity index (χ1n) is 15.2. The molecule has 3 heterocycles. The third-order valence-corrected chi connectivity index (χ3v) is 9.53. The number of nitrogens with one attached hydrogen (secondary N) is 1. The highest BCUT2D eigenvalue weighted by molar-refractivity contribution is 8.00. The predicted octanol–water partition coefficient (Wildman–Crippen LogP) is 5.64. The molecule has 2 amide bonds. The third-order valence-electron chi connectivity index (χ3n) is 8.29. The number of thioether (sulfide) groups is 1. The number of carbonyl (C=O) groups excluding carboxylic acids is 2. The number of nitrogens with zero attached hydrogens (tertiary/aromatic N) is 3. The summed E-state index contributed by atoms with van der Waals surface area (Å²) in [4.78, 5) is 29.2. The molecule has 234 valence electrons. The van der Waals surface area contributed by atoms with E-state index in [0.717, 1.165) is 52.0 Å². The first-order chi connectivity index (χ1) is 21.9. The molecule has 1 aromatic heterocycles. The summed E-state index contributed by atoms with van der Waals surface area (Å²) < 4.78 is 19.0. The fourth-order valence-corrected chi connectivity index (χ4v) is 7.27. The van der Waals surface area contributed by atoms with Crippen molar-refractivity contribution >= 4 is 29.4 Å². The number of amides is 2. The summed E-state index contributed by atoms with van der Waals surface area (Å²) in [5.74, 6) is 1.65. The minimum absolute atomic E-state index is 0.00442. The molecule has 0 bridgehead atoms. The normalized spacial score (nSPS) is 18.0. The van der Waals surface area contributed by atoms with Crippen molar-refractivity contribution < 1.29 is 23.8 Å². The van der Waals surface area contributed by atoms with Crippen LogP contribution in [0.1, 0.15) is 40.3 Å². The van der Waals surface area contributed by atoms with Crippen molar-refractivity contribution in [2.24, 2.45) is 0 Å². The molecular formula is C35H38N4O5S. The SMILES string of the molecule is COc1ccc(OC)c([C@@H]2SCC(=O)N(CC(=O)NC[C@@H]3CCCO3)c3c2c(-c2ccccc2)nn3-c2ccc(C)cc2C)c1. The molecule has 9 nitrogen and oxygen atoms in total. The maximum Gasteiger partial charge on any atom is 0.240 e. The zero-order chi connectivity index (χ0) is 31.5. The lowest BCUT2D eigenvalue weighted by atomic mass is 9.98. The maximum atomic E-state index is 14.1. The highest BCUT2D eigenvalue weighted by atomic mass is 32.2. The number of anilines is 1. The van der Waals surface area contributed by atoms with E-state index >= 15 is 0 Å². The van der Waals surface area contributed by atoms with Crippen LogP contribution in [0.25, 0.3) is 16.9 Å². The van der Waals surface area contributed by atoms with Gasteiger partial charge in [-0.3, -0.25) is 14.5 Å². The van der Waals surface area contributed by atoms with E-state index in [0.29, 0.717) is 30.5 Å². The van der Waals surface area contributed by atoms with Crippen LogP contribution in [-0.2, 0) is 14.3 Å². The van der Waals surface area contributed by atoms with Gasteiger partial charge in [0.25, 0.3) is 0 Å². The van der Waals surface area contributed by atoms with E-state index in [-0.39, 0.29) is 35.5 Å². The van der Waals surface area contributed by atoms with Gasteiger partial charge in [0.2, 0.25) is 11.8 Å². The topological polar surface area (TPSA) is 94.9 Å². The van der Waals surface area contributed by atoms with Crippen molar-refractivity contribution in [1.29, 1.82) is 0 Å². The van der Waals surface area contributed by atoms with Gasteiger partial charge < -0.3 is 19.5 Å². The molecule has 2 aliphatic rings. The van der Waals surface area contributed by atoms with Gasteiger partial charge in [0, 0.05) is 29.8 Å². The Hall–Kier alpha value is -4.28. The van der Waals surface area contributed by atoms with Gasteiger partial charge in [-0.1, -0.05) is 48.0 Å². The van der Waals surface area contributed by atoms with Gasteiger partial charge in [0.05, 0.1) is 42.7 Å². The Morgan fingerprint density at radius 1 is 1.07 bits per heavy atom. The summed E-state index contributed by atoms with van der Waals surface area (Å²) >= 11 is 1.49. The Morgan fingerprint density at radius 2 is 1.89 bits per heavy atom. The van der Waals surface area contributed by atoms with Crippen molar-refractivity contribution in [3.63, 3.8) is 0 Å². The van der Waals surface area contributed by atoms with Crippen LogP contribution < -0.4 is 19.7 Å². The van der Waals surface area contributed by atoms with Gasteiger partial charge in [-0.25, -0.2) is 4.68 Å². The van der Waals surface area contributed by atoms with Crippen molar-refractivity contribution in [3.05, 3.63) is 89.0 Å². The second-order valence-corrected chi connectivity index (χ2v) is 12.5. The van der Waals surface area contributed by atoms with E-state index in [1.54, 1.807) is 19.1 Å². The largest absolute Gasteiger partial charge is 0.497 e. The number of fused-ring (bicyclic) bond motifs is 1. The monoisotopic (exact) mass is 626 g/mol. The molecule has 1 N–H and O–H groups in total. The summed E-state index contributed by atoms with van der Waals surface area (Å²) in [6.45, 7) is 5.06. The Morgan fingerprint density at radius 3 is 2.60 bits per heavy atom. The molecular weight excluding hydrogens is 588 g/mol. The first-order valence-corrected chi connectivity index (χ1v) is 16.2. The minimum Gasteiger partial charge on any atom is -0.497 e. The Labute approximate surface area is 267 Å². The van der Waals surface area contributed by atoms with E-state index in [4.69, 9.17) is 19.3 Å². The third kappa shape index (κ3) is 6.30. The highest BCUT2D eigenvalue weighted by Crippen LogP contribution is 2.51. The molecule has 0 unspecified atom stereocenters. The van der Waals surface area contributed by atoms with Crippen LogP contribution in [-0.4, -0.2) is 67.4 Å². The number of aryl methyl sites for hydroxylation is 2. The lowest BCUT2D eigenvalue weighted by molar-refractivity contribution is -0.123. The van der Waals surface area contributed by atoms with Crippen molar-refractivity contribution in [1.82, 2.24) is 15.1 Å². The van der Waals surface area contributed by atoms with E-state index < -0.39 is 0 Å². The molecule has 3 aromatic carbocycles. The Bertz CT molecular complexity index is 1700. The molecule has 0 radical (unpaired) electrons. The van der Waals surface area contributed by atoms with Crippen LogP contribution >= 0.6 is 11.8 Å². The molecule has 1 fully saturated rings. The number of hydrogen-bond donors (Lipinski definition) is 1. The molecule has 0 spiro atoms. The van der Waals surface area contributed by atoms with Crippen LogP contribution in [0.4, 0.5) is 5.82 Å². The van der Waals surface area contributed by atoms with Crippen LogP contribution in [0.2, 0.25) is 0 Å². The number of methoxy groups -OCH3 is 2. The van der Waals surface area contributed by atoms with Gasteiger partial charge >= 0.3 is 0 Å². The number of aromatic nitrogens is 2. The average Bonchev–Trinajstić information content (AvgIpc) is 3.69. The zero-order valence-corrected chi connectivity index (χ0v) is 26.9. The smallest absolute Gasteiger partial charge is 0.240 e. The fraction of sp³-hybridized carbons (Fsp3) is 0.343. The quantitative estimate of drug-likeness (QED) is 0.257. The van der Waals surface area contributed by atoms with Crippen LogP contribution in [0.15, 0.2) is 66.7 Å². The second kappa shape index (κ2) is 13.4. The van der Waals surface area contributed by atoms with Gasteiger partial charge in [-0.2, -0.15) is 5.10 Å². The maximum absolute atomic E-state index is 14.1. The number of hydrogen-bond acceptors (Lipinski definition) is 7. The second-order valence-electron chi connectivity index (χ2n) is 11.4. The molecule has 6 rings (SSSR count). The van der Waals surface area contributed by atoms with Gasteiger partial charge in [0.1, 0.15) is 23.9 Å². The summed E-state index contributed by atoms with van der Waals surface area (Å²) in [7, 11) is 3.27. The fourth-order valence-electron chi connectivity index (χ4n) is 6.06. The number of carbonyl (C=O) groups is 2. The summed E-state index contributed by atoms with van der Waals surface area (Å²) in [6.07, 6.45) is 1.89. The molecule has 2 atom stereocenters. The summed E-state index contributed by atoms with van der Waals surface area (Å²) in [6, 6.07) is 21.8. The lowest BCUT2D eigenvalue weighted by Gasteiger charge is -2.24. The highest BCUT2D eigenvalue weighted by Gasteiger charge is 2.39. The van der Waals surface area contributed by atoms with Crippen LogP contribution in [0.3, 0.4) is 0 Å². The Balaban J connectivity index is 1.57. The number of ether oxygens (including phenoxy) is 3. The van der Waals surface area contributed by atoms with Crippen LogP contribution in [0, 0.1) is 13.8 Å². The molecule has 45 heavy (non-hydrogen) atoms. The van der Waals surface area contributed by atoms with Crippen molar-refractivity contribution in [3.8, 4) is 28.4 Å². The standard InChI is InChI=1S/C35H38N4O5S/c1-22-12-14-28(23(2)17-22)39-35-32(33(37-39)24-9-6-5-7-10-24)34(27-18-25(42-3)13-15-29(27)43-4)45-21-31(41)38(35)20-30(40)36-19-26-11-8-16-44-26/h5-7,9-10,12-15,17-18,26,34H,8,11,16,19-21H2,1-4H3,(H,36,40)/t26-,34-/m0/s1. The summed E-state index contributed by atoms with van der Waals surface area (Å²) in [5, 5.41) is 7.87. The van der Waals surface area contributed by atoms with E-state index in [9.17, 15) is 9.59 Å². The first kappa shape index (κ1) is 30.7. The predicted molar refractivity (Wildman–Crippen MR) is 177 cm³/mol. The lowest BCUT2D eigenvalue weighted by Crippen LogP contribution is -2.44. The molecule has 2 aliphatic heterocycles. The van der Waals surface area contributed by atoms with Crippen LogP contribution in [0.5, 0.6) is 11.5 Å². The van der Waals surface area contributed by atoms with Gasteiger partial charge in [-0.05, 0) is 56.5 Å². The molecule has 4 aromatic rings. The van der Waals surface area contributed by atoms with E-state index in [1.807, 2.05) is 79.2 Å². The van der Waals surface area contributed by atoms with Gasteiger partial charge in [0.15, 0.2) is 0 Å². The average molecular weight is 627 g/mol.